The molecule has 2 aromatic rings. The van der Waals surface area contributed by atoms with Crippen molar-refractivity contribution in [2.45, 2.75) is 18.3 Å². The average molecular weight is 334 g/mol. The fourth-order valence-electron chi connectivity index (χ4n) is 2.36. The molecule has 1 amide bonds. The highest BCUT2D eigenvalue weighted by Gasteiger charge is 2.51. The monoisotopic (exact) mass is 333 g/mol. The van der Waals surface area contributed by atoms with E-state index in [0.29, 0.717) is 4.47 Å². The summed E-state index contributed by atoms with van der Waals surface area (Å²) >= 11 is 3.20. The number of rotatable bonds is 3. The van der Waals surface area contributed by atoms with Crippen LogP contribution in [0.25, 0.3) is 0 Å². The van der Waals surface area contributed by atoms with Gasteiger partial charge in [-0.2, -0.15) is 0 Å². The summed E-state index contributed by atoms with van der Waals surface area (Å²) < 4.78 is 14.4. The molecule has 1 fully saturated rings. The van der Waals surface area contributed by atoms with E-state index in [4.69, 9.17) is 0 Å². The van der Waals surface area contributed by atoms with E-state index in [-0.39, 0.29) is 11.6 Å². The van der Waals surface area contributed by atoms with E-state index >= 15 is 0 Å². The Bertz CT molecular complexity index is 653. The first-order valence-corrected chi connectivity index (χ1v) is 7.23. The second kappa shape index (κ2) is 5.02. The van der Waals surface area contributed by atoms with E-state index in [1.54, 1.807) is 12.1 Å². The third kappa shape index (κ3) is 2.36. The van der Waals surface area contributed by atoms with Crippen LogP contribution < -0.4 is 5.32 Å². The molecule has 1 aliphatic carbocycles. The summed E-state index contributed by atoms with van der Waals surface area (Å²) in [7, 11) is 0. The van der Waals surface area contributed by atoms with Crippen LogP contribution in [0.15, 0.2) is 53.0 Å². The first kappa shape index (κ1) is 13.3. The van der Waals surface area contributed by atoms with Crippen molar-refractivity contribution in [1.82, 2.24) is 0 Å². The zero-order valence-corrected chi connectivity index (χ0v) is 12.3. The summed E-state index contributed by atoms with van der Waals surface area (Å²) in [4.78, 5) is 12.4. The molecule has 102 valence electrons. The SMILES string of the molecule is O=C(Nc1ccc(Br)cc1F)C1(c2ccccc2)CC1. The summed E-state index contributed by atoms with van der Waals surface area (Å²) in [6.45, 7) is 0. The van der Waals surface area contributed by atoms with Crippen LogP contribution in [0.2, 0.25) is 0 Å². The number of benzene rings is 2. The van der Waals surface area contributed by atoms with Crippen molar-refractivity contribution >= 4 is 27.5 Å². The lowest BCUT2D eigenvalue weighted by Crippen LogP contribution is -2.28. The van der Waals surface area contributed by atoms with Gasteiger partial charge in [-0.05, 0) is 36.6 Å². The third-order valence-corrected chi connectivity index (χ3v) is 4.18. The van der Waals surface area contributed by atoms with Crippen LogP contribution in [0, 0.1) is 5.82 Å². The van der Waals surface area contributed by atoms with Gasteiger partial charge in [0.25, 0.3) is 0 Å². The topological polar surface area (TPSA) is 29.1 Å². The van der Waals surface area contributed by atoms with Crippen LogP contribution in [-0.4, -0.2) is 5.91 Å². The molecule has 0 heterocycles. The molecule has 0 saturated heterocycles. The van der Waals surface area contributed by atoms with E-state index in [1.807, 2.05) is 30.3 Å². The Morgan fingerprint density at radius 3 is 2.45 bits per heavy atom. The van der Waals surface area contributed by atoms with Gasteiger partial charge in [-0.25, -0.2) is 4.39 Å². The summed E-state index contributed by atoms with van der Waals surface area (Å²) in [6, 6.07) is 14.3. The quantitative estimate of drug-likeness (QED) is 0.893. The van der Waals surface area contributed by atoms with Crippen LogP contribution >= 0.6 is 15.9 Å². The first-order chi connectivity index (χ1) is 9.62. The summed E-state index contributed by atoms with van der Waals surface area (Å²) in [5, 5.41) is 2.70. The molecule has 0 spiro atoms. The molecule has 0 atom stereocenters. The standard InChI is InChI=1S/C16H13BrFNO/c17-12-6-7-14(13(18)10-12)19-15(20)16(8-9-16)11-4-2-1-3-5-11/h1-7,10H,8-9H2,(H,19,20). The smallest absolute Gasteiger partial charge is 0.235 e. The van der Waals surface area contributed by atoms with Gasteiger partial charge in [0.1, 0.15) is 5.82 Å². The minimum absolute atomic E-state index is 0.134. The first-order valence-electron chi connectivity index (χ1n) is 6.44. The van der Waals surface area contributed by atoms with Gasteiger partial charge in [0, 0.05) is 4.47 Å². The molecule has 3 rings (SSSR count). The lowest BCUT2D eigenvalue weighted by molar-refractivity contribution is -0.118. The van der Waals surface area contributed by atoms with Crippen LogP contribution in [0.5, 0.6) is 0 Å². The zero-order valence-electron chi connectivity index (χ0n) is 10.7. The molecule has 0 aliphatic heterocycles. The molecule has 1 N–H and O–H groups in total. The number of amides is 1. The van der Waals surface area contributed by atoms with E-state index in [9.17, 15) is 9.18 Å². The lowest BCUT2D eigenvalue weighted by atomic mass is 9.95. The normalized spacial score (nSPS) is 15.7. The van der Waals surface area contributed by atoms with Gasteiger partial charge in [0.05, 0.1) is 11.1 Å². The second-order valence-corrected chi connectivity index (χ2v) is 5.94. The van der Waals surface area contributed by atoms with Crippen LogP contribution in [0.1, 0.15) is 18.4 Å². The van der Waals surface area contributed by atoms with Gasteiger partial charge in [0.2, 0.25) is 5.91 Å². The molecule has 4 heteroatoms. The maximum atomic E-state index is 13.8. The summed E-state index contributed by atoms with van der Waals surface area (Å²) in [5.74, 6) is -0.568. The largest absolute Gasteiger partial charge is 0.323 e. The van der Waals surface area contributed by atoms with E-state index in [0.717, 1.165) is 18.4 Å². The molecule has 2 nitrogen and oxygen atoms in total. The number of anilines is 1. The van der Waals surface area contributed by atoms with Crippen molar-refractivity contribution in [3.63, 3.8) is 0 Å². The summed E-state index contributed by atoms with van der Waals surface area (Å²) in [5.41, 5.74) is 0.733. The van der Waals surface area contributed by atoms with Gasteiger partial charge in [0.15, 0.2) is 0 Å². The van der Waals surface area contributed by atoms with Gasteiger partial charge >= 0.3 is 0 Å². The number of hydrogen-bond donors (Lipinski definition) is 1. The molecule has 1 aliphatic rings. The Labute approximate surface area is 125 Å². The van der Waals surface area contributed by atoms with Gasteiger partial charge in [-0.15, -0.1) is 0 Å². The number of carbonyl (C=O) groups excluding carboxylic acids is 1. The predicted molar refractivity (Wildman–Crippen MR) is 80.1 cm³/mol. The van der Waals surface area contributed by atoms with E-state index < -0.39 is 11.2 Å². The third-order valence-electron chi connectivity index (χ3n) is 3.69. The highest BCUT2D eigenvalue weighted by Crippen LogP contribution is 2.49. The fraction of sp³-hybridized carbons (Fsp3) is 0.188. The highest BCUT2D eigenvalue weighted by molar-refractivity contribution is 9.10. The van der Waals surface area contributed by atoms with Gasteiger partial charge in [-0.3, -0.25) is 4.79 Å². The second-order valence-electron chi connectivity index (χ2n) is 5.03. The van der Waals surface area contributed by atoms with Gasteiger partial charge < -0.3 is 5.32 Å². The Balaban J connectivity index is 1.83. The molecule has 0 radical (unpaired) electrons. The van der Waals surface area contributed by atoms with Crippen molar-refractivity contribution in [3.8, 4) is 0 Å². The Morgan fingerprint density at radius 1 is 1.15 bits per heavy atom. The molecule has 0 unspecified atom stereocenters. The Kier molecular flexibility index (Phi) is 3.34. The van der Waals surface area contributed by atoms with Crippen LogP contribution in [0.3, 0.4) is 0 Å². The van der Waals surface area contributed by atoms with Crippen molar-refractivity contribution in [3.05, 3.63) is 64.4 Å². The maximum Gasteiger partial charge on any atom is 0.235 e. The molecule has 2 aromatic carbocycles. The van der Waals surface area contributed by atoms with Crippen molar-refractivity contribution in [2.75, 3.05) is 5.32 Å². The van der Waals surface area contributed by atoms with E-state index in [2.05, 4.69) is 21.2 Å². The number of hydrogen-bond acceptors (Lipinski definition) is 1. The van der Waals surface area contributed by atoms with Crippen LogP contribution in [0.4, 0.5) is 10.1 Å². The van der Waals surface area contributed by atoms with Crippen LogP contribution in [-0.2, 0) is 10.2 Å². The fourth-order valence-corrected chi connectivity index (χ4v) is 2.69. The molecular formula is C16H13BrFNO. The maximum absolute atomic E-state index is 13.8. The van der Waals surface area contributed by atoms with Crippen molar-refractivity contribution in [1.29, 1.82) is 0 Å². The zero-order chi connectivity index (χ0) is 14.2. The molecule has 1 saturated carbocycles. The minimum Gasteiger partial charge on any atom is -0.323 e. The number of nitrogens with one attached hydrogen (secondary N) is 1. The van der Waals surface area contributed by atoms with Crippen molar-refractivity contribution in [2.24, 2.45) is 0 Å². The Hall–Kier alpha value is -1.68. The van der Waals surface area contributed by atoms with Crippen molar-refractivity contribution < 1.29 is 9.18 Å². The lowest BCUT2D eigenvalue weighted by Gasteiger charge is -2.16. The average Bonchev–Trinajstić information content (AvgIpc) is 3.24. The van der Waals surface area contributed by atoms with Gasteiger partial charge in [-0.1, -0.05) is 46.3 Å². The molecule has 0 bridgehead atoms. The summed E-state index contributed by atoms with van der Waals surface area (Å²) in [6.07, 6.45) is 1.61. The minimum atomic E-state index is -0.485. The predicted octanol–water partition coefficient (Wildman–Crippen LogP) is 4.26. The Morgan fingerprint density at radius 2 is 1.85 bits per heavy atom. The number of halogens is 2. The molecule has 20 heavy (non-hydrogen) atoms. The highest BCUT2D eigenvalue weighted by atomic mass is 79.9. The molecule has 0 aromatic heterocycles. The number of carbonyl (C=O) groups is 1. The molecular weight excluding hydrogens is 321 g/mol. The van der Waals surface area contributed by atoms with E-state index in [1.165, 1.54) is 6.07 Å².